The van der Waals surface area contributed by atoms with Gasteiger partial charge in [0.15, 0.2) is 5.82 Å². The zero-order chi connectivity index (χ0) is 13.7. The van der Waals surface area contributed by atoms with Crippen LogP contribution in [0.5, 0.6) is 0 Å². The molecule has 0 bridgehead atoms. The number of nitrogens with one attached hydrogen (secondary N) is 1. The lowest BCUT2D eigenvalue weighted by Crippen LogP contribution is -2.18. The van der Waals surface area contributed by atoms with Crippen LogP contribution in [0.15, 0.2) is 24.5 Å². The highest BCUT2D eigenvalue weighted by atomic mass is 16.2. The zero-order valence-corrected chi connectivity index (χ0v) is 10.6. The van der Waals surface area contributed by atoms with Gasteiger partial charge in [-0.05, 0) is 12.5 Å². The first-order chi connectivity index (χ1) is 9.24. The fourth-order valence-corrected chi connectivity index (χ4v) is 1.68. The quantitative estimate of drug-likeness (QED) is 0.874. The van der Waals surface area contributed by atoms with Gasteiger partial charge in [0.25, 0.3) is 5.91 Å². The number of carbonyl (C=O) groups excluding carboxylic acids is 1. The highest BCUT2D eigenvalue weighted by Gasteiger charge is 2.12. The van der Waals surface area contributed by atoms with Crippen LogP contribution in [-0.2, 0) is 13.1 Å². The second-order valence-electron chi connectivity index (χ2n) is 3.95. The molecule has 2 aromatic heterocycles. The number of rotatable bonds is 5. The van der Waals surface area contributed by atoms with Crippen molar-refractivity contribution in [3.05, 3.63) is 30.2 Å². The highest BCUT2D eigenvalue weighted by molar-refractivity contribution is 6.02. The topological polar surface area (TPSA) is 88.5 Å². The van der Waals surface area contributed by atoms with Crippen LogP contribution < -0.4 is 5.32 Å². The molecule has 2 rings (SSSR count). The number of carbonyl (C=O) groups is 1. The molecule has 0 atom stereocenters. The summed E-state index contributed by atoms with van der Waals surface area (Å²) in [7, 11) is 0. The molecule has 7 nitrogen and oxygen atoms in total. The molecule has 0 saturated carbocycles. The third-order valence-electron chi connectivity index (χ3n) is 2.50. The predicted octanol–water partition coefficient (Wildman–Crippen LogP) is 1.27. The Labute approximate surface area is 110 Å². The van der Waals surface area contributed by atoms with E-state index in [0.717, 1.165) is 6.42 Å². The van der Waals surface area contributed by atoms with Crippen molar-refractivity contribution in [2.75, 3.05) is 5.32 Å². The molecule has 0 aliphatic rings. The van der Waals surface area contributed by atoms with E-state index in [0.29, 0.717) is 18.1 Å². The minimum Gasteiger partial charge on any atom is -0.304 e. The minimum atomic E-state index is -0.256. The van der Waals surface area contributed by atoms with Gasteiger partial charge in [-0.25, -0.2) is 0 Å². The van der Waals surface area contributed by atoms with Crippen LogP contribution in [-0.4, -0.2) is 25.5 Å². The Balaban J connectivity index is 2.07. The van der Waals surface area contributed by atoms with E-state index in [1.165, 1.54) is 4.68 Å². The molecule has 1 amide bonds. The van der Waals surface area contributed by atoms with Gasteiger partial charge in [0.2, 0.25) is 0 Å². The number of aryl methyl sites for hydroxylation is 1. The molecule has 98 valence electrons. The Hall–Kier alpha value is -2.62. The normalized spacial score (nSPS) is 10.1. The molecule has 1 N–H and O–H groups in total. The summed E-state index contributed by atoms with van der Waals surface area (Å²) < 4.78 is 3.11. The average molecular weight is 258 g/mol. The molecule has 2 aromatic rings. The lowest BCUT2D eigenvalue weighted by atomic mass is 10.3. The lowest BCUT2D eigenvalue weighted by molar-refractivity contribution is 0.101. The summed E-state index contributed by atoms with van der Waals surface area (Å²) in [6.45, 7) is 2.87. The van der Waals surface area contributed by atoms with Gasteiger partial charge in [-0.2, -0.15) is 15.5 Å². The maximum absolute atomic E-state index is 12.1. The van der Waals surface area contributed by atoms with Gasteiger partial charge in [0.05, 0.1) is 6.07 Å². The van der Waals surface area contributed by atoms with Crippen molar-refractivity contribution in [3.63, 3.8) is 0 Å². The SMILES string of the molecule is CCCn1nccc1C(=O)Nc1ccn(CC#N)n1. The minimum absolute atomic E-state index is 0.156. The van der Waals surface area contributed by atoms with Gasteiger partial charge in [0, 0.05) is 25.0 Å². The Morgan fingerprint density at radius 2 is 2.37 bits per heavy atom. The lowest BCUT2D eigenvalue weighted by Gasteiger charge is -2.05. The average Bonchev–Trinajstić information content (AvgIpc) is 3.00. The van der Waals surface area contributed by atoms with Gasteiger partial charge >= 0.3 is 0 Å². The van der Waals surface area contributed by atoms with Crippen LogP contribution in [0.25, 0.3) is 0 Å². The maximum atomic E-state index is 12.1. The van der Waals surface area contributed by atoms with Crippen LogP contribution in [0.1, 0.15) is 23.8 Å². The smallest absolute Gasteiger partial charge is 0.275 e. The van der Waals surface area contributed by atoms with Gasteiger partial charge < -0.3 is 5.32 Å². The Bertz CT molecular complexity index is 606. The molecule has 0 fully saturated rings. The molecule has 0 saturated heterocycles. The summed E-state index contributed by atoms with van der Waals surface area (Å²) in [5, 5.41) is 19.4. The number of amides is 1. The van der Waals surface area contributed by atoms with Gasteiger partial charge in [0.1, 0.15) is 12.2 Å². The van der Waals surface area contributed by atoms with Gasteiger partial charge in [-0.15, -0.1) is 0 Å². The Morgan fingerprint density at radius 1 is 1.53 bits per heavy atom. The van der Waals surface area contributed by atoms with Crippen molar-refractivity contribution in [2.45, 2.75) is 26.4 Å². The fraction of sp³-hybridized carbons (Fsp3) is 0.333. The van der Waals surface area contributed by atoms with Crippen molar-refractivity contribution >= 4 is 11.7 Å². The predicted molar refractivity (Wildman–Crippen MR) is 68.3 cm³/mol. The number of nitrogens with zero attached hydrogens (tertiary/aromatic N) is 5. The molecule has 7 heteroatoms. The summed E-state index contributed by atoms with van der Waals surface area (Å²) in [4.78, 5) is 12.1. The first-order valence-corrected chi connectivity index (χ1v) is 5.98. The van der Waals surface area contributed by atoms with Crippen molar-refractivity contribution in [3.8, 4) is 6.07 Å². The van der Waals surface area contributed by atoms with Gasteiger partial charge in [-0.1, -0.05) is 6.92 Å². The Kier molecular flexibility index (Phi) is 3.93. The molecular formula is C12H14N6O. The zero-order valence-electron chi connectivity index (χ0n) is 10.6. The van der Waals surface area contributed by atoms with Crippen molar-refractivity contribution in [1.29, 1.82) is 5.26 Å². The third-order valence-corrected chi connectivity index (χ3v) is 2.50. The number of anilines is 1. The summed E-state index contributed by atoms with van der Waals surface area (Å²) >= 11 is 0. The van der Waals surface area contributed by atoms with E-state index < -0.39 is 0 Å². The molecule has 2 heterocycles. The van der Waals surface area contributed by atoms with Crippen LogP contribution in [0.4, 0.5) is 5.82 Å². The van der Waals surface area contributed by atoms with E-state index in [4.69, 9.17) is 5.26 Å². The van der Waals surface area contributed by atoms with E-state index >= 15 is 0 Å². The monoisotopic (exact) mass is 258 g/mol. The molecule has 0 aromatic carbocycles. The van der Waals surface area contributed by atoms with E-state index in [2.05, 4.69) is 15.5 Å². The molecule has 0 radical (unpaired) electrons. The largest absolute Gasteiger partial charge is 0.304 e. The maximum Gasteiger partial charge on any atom is 0.275 e. The van der Waals surface area contributed by atoms with Crippen LogP contribution in [0, 0.1) is 11.3 Å². The summed E-state index contributed by atoms with van der Waals surface area (Å²) in [5.41, 5.74) is 0.497. The van der Waals surface area contributed by atoms with Crippen LogP contribution in [0.3, 0.4) is 0 Å². The van der Waals surface area contributed by atoms with E-state index in [9.17, 15) is 4.79 Å². The van der Waals surface area contributed by atoms with Crippen LogP contribution >= 0.6 is 0 Å². The summed E-state index contributed by atoms with van der Waals surface area (Å²) in [6, 6.07) is 5.29. The summed E-state index contributed by atoms with van der Waals surface area (Å²) in [5.74, 6) is 0.164. The first-order valence-electron chi connectivity index (χ1n) is 5.98. The molecule has 0 spiro atoms. The number of hydrogen-bond acceptors (Lipinski definition) is 4. The van der Waals surface area contributed by atoms with E-state index in [-0.39, 0.29) is 12.5 Å². The van der Waals surface area contributed by atoms with Crippen molar-refractivity contribution in [1.82, 2.24) is 19.6 Å². The molecular weight excluding hydrogens is 244 g/mol. The Morgan fingerprint density at radius 3 is 3.11 bits per heavy atom. The van der Waals surface area contributed by atoms with Gasteiger partial charge in [-0.3, -0.25) is 14.2 Å². The number of hydrogen-bond donors (Lipinski definition) is 1. The van der Waals surface area contributed by atoms with Crippen LogP contribution in [0.2, 0.25) is 0 Å². The second kappa shape index (κ2) is 5.82. The first kappa shape index (κ1) is 12.8. The molecule has 0 aliphatic carbocycles. The number of nitriles is 1. The highest BCUT2D eigenvalue weighted by Crippen LogP contribution is 2.07. The summed E-state index contributed by atoms with van der Waals surface area (Å²) in [6.07, 6.45) is 4.14. The standard InChI is InChI=1S/C12H14N6O/c1-2-7-18-10(3-6-14-18)12(19)15-11-4-8-17(16-11)9-5-13/h3-4,6,8H,2,7,9H2,1H3,(H,15,16,19). The fourth-order valence-electron chi connectivity index (χ4n) is 1.68. The molecule has 0 aliphatic heterocycles. The number of aromatic nitrogens is 4. The van der Waals surface area contributed by atoms with E-state index in [1.807, 2.05) is 13.0 Å². The third kappa shape index (κ3) is 2.98. The van der Waals surface area contributed by atoms with E-state index in [1.54, 1.807) is 29.2 Å². The second-order valence-corrected chi connectivity index (χ2v) is 3.95. The molecule has 0 unspecified atom stereocenters. The van der Waals surface area contributed by atoms with Crippen molar-refractivity contribution < 1.29 is 4.79 Å². The van der Waals surface area contributed by atoms with Crippen molar-refractivity contribution in [2.24, 2.45) is 0 Å². The molecule has 19 heavy (non-hydrogen) atoms.